The SMILES string of the molecule is Cc1ccc(N=c2n[n+]3ccccc3c([O-])n2-c2ccc(C)cc2)cc1. The van der Waals surface area contributed by atoms with E-state index >= 15 is 0 Å². The van der Waals surface area contributed by atoms with Crippen LogP contribution in [0, 0.1) is 13.8 Å². The average molecular weight is 342 g/mol. The Morgan fingerprint density at radius 2 is 1.54 bits per heavy atom. The maximum Gasteiger partial charge on any atom is 0.300 e. The molecule has 0 amide bonds. The van der Waals surface area contributed by atoms with E-state index in [2.05, 4.69) is 10.1 Å². The lowest BCUT2D eigenvalue weighted by Gasteiger charge is -2.15. The molecule has 5 nitrogen and oxygen atoms in total. The van der Waals surface area contributed by atoms with Gasteiger partial charge in [-0.15, -0.1) is 0 Å². The van der Waals surface area contributed by atoms with E-state index in [9.17, 15) is 5.11 Å². The Bertz CT molecular complexity index is 1140. The fraction of sp³-hybridized carbons (Fsp3) is 0.0952. The van der Waals surface area contributed by atoms with Gasteiger partial charge in [0.15, 0.2) is 0 Å². The molecule has 128 valence electrons. The molecule has 4 rings (SSSR count). The number of pyridine rings is 1. The molecule has 0 saturated carbocycles. The molecule has 0 atom stereocenters. The topological polar surface area (TPSA) is 57.3 Å². The molecule has 2 aromatic heterocycles. The Balaban J connectivity index is 2.05. The zero-order chi connectivity index (χ0) is 18.1. The van der Waals surface area contributed by atoms with Gasteiger partial charge in [0.25, 0.3) is 5.62 Å². The van der Waals surface area contributed by atoms with Crippen LogP contribution in [0.1, 0.15) is 11.1 Å². The molecule has 2 aromatic carbocycles. The molecular weight excluding hydrogens is 324 g/mol. The molecule has 4 aromatic rings. The van der Waals surface area contributed by atoms with Gasteiger partial charge < -0.3 is 5.11 Å². The van der Waals surface area contributed by atoms with Crippen LogP contribution >= 0.6 is 0 Å². The van der Waals surface area contributed by atoms with E-state index in [0.29, 0.717) is 11.1 Å². The second kappa shape index (κ2) is 6.44. The molecule has 0 N–H and O–H groups in total. The molecule has 0 saturated heterocycles. The van der Waals surface area contributed by atoms with Crippen molar-refractivity contribution in [3.63, 3.8) is 0 Å². The Morgan fingerprint density at radius 1 is 0.885 bits per heavy atom. The van der Waals surface area contributed by atoms with Gasteiger partial charge in [-0.05, 0) is 48.7 Å². The largest absolute Gasteiger partial charge is 0.855 e. The highest BCUT2D eigenvalue weighted by Crippen LogP contribution is 2.16. The molecule has 0 radical (unpaired) electrons. The van der Waals surface area contributed by atoms with Crippen LogP contribution < -0.4 is 15.2 Å². The molecule has 0 aliphatic rings. The highest BCUT2D eigenvalue weighted by Gasteiger charge is 2.12. The molecule has 0 aliphatic heterocycles. The third-order valence-electron chi connectivity index (χ3n) is 4.21. The summed E-state index contributed by atoms with van der Waals surface area (Å²) in [5.41, 5.74) is 4.61. The minimum absolute atomic E-state index is 0.157. The van der Waals surface area contributed by atoms with Crippen molar-refractivity contribution >= 4 is 11.2 Å². The minimum Gasteiger partial charge on any atom is -0.855 e. The summed E-state index contributed by atoms with van der Waals surface area (Å²) >= 11 is 0. The maximum absolute atomic E-state index is 13.1. The van der Waals surface area contributed by atoms with E-state index in [1.807, 2.05) is 74.5 Å². The van der Waals surface area contributed by atoms with Crippen molar-refractivity contribution in [2.24, 2.45) is 4.99 Å². The fourth-order valence-corrected chi connectivity index (χ4v) is 2.77. The van der Waals surface area contributed by atoms with Crippen LogP contribution in [0.15, 0.2) is 77.9 Å². The lowest BCUT2D eigenvalue weighted by atomic mass is 10.2. The molecule has 0 bridgehead atoms. The van der Waals surface area contributed by atoms with Gasteiger partial charge in [-0.2, -0.15) is 0 Å². The summed E-state index contributed by atoms with van der Waals surface area (Å²) in [6, 6.07) is 21.0. The van der Waals surface area contributed by atoms with E-state index in [0.717, 1.165) is 22.5 Å². The van der Waals surface area contributed by atoms with Crippen molar-refractivity contribution in [1.29, 1.82) is 0 Å². The van der Waals surface area contributed by atoms with Crippen LogP contribution in [0.3, 0.4) is 0 Å². The van der Waals surface area contributed by atoms with Crippen molar-refractivity contribution in [3.05, 3.63) is 89.7 Å². The fourth-order valence-electron chi connectivity index (χ4n) is 2.77. The van der Waals surface area contributed by atoms with Crippen LogP contribution in [-0.2, 0) is 0 Å². The minimum atomic E-state index is -0.157. The van der Waals surface area contributed by atoms with Crippen LogP contribution in [0.25, 0.3) is 11.2 Å². The molecule has 5 heteroatoms. The van der Waals surface area contributed by atoms with Gasteiger partial charge >= 0.3 is 0 Å². The van der Waals surface area contributed by atoms with Gasteiger partial charge in [-0.3, -0.25) is 4.57 Å². The third kappa shape index (κ3) is 2.95. The van der Waals surface area contributed by atoms with Crippen LogP contribution in [-0.4, -0.2) is 9.67 Å². The molecule has 2 heterocycles. The van der Waals surface area contributed by atoms with Crippen LogP contribution in [0.2, 0.25) is 0 Å². The quantitative estimate of drug-likeness (QED) is 0.526. The Kier molecular flexibility index (Phi) is 3.97. The molecule has 26 heavy (non-hydrogen) atoms. The van der Waals surface area contributed by atoms with E-state index in [4.69, 9.17) is 0 Å². The summed E-state index contributed by atoms with van der Waals surface area (Å²) in [4.78, 5) is 4.62. The summed E-state index contributed by atoms with van der Waals surface area (Å²) in [5.74, 6) is -0.157. The molecule has 0 aliphatic carbocycles. The number of fused-ring (bicyclic) bond motifs is 1. The van der Waals surface area contributed by atoms with Gasteiger partial charge in [0.05, 0.1) is 5.69 Å². The maximum atomic E-state index is 13.1. The summed E-state index contributed by atoms with van der Waals surface area (Å²) < 4.78 is 3.12. The second-order valence-corrected chi connectivity index (χ2v) is 6.25. The van der Waals surface area contributed by atoms with Gasteiger partial charge in [0.2, 0.25) is 11.7 Å². The number of hydrogen-bond acceptors (Lipinski definition) is 3. The first-order chi connectivity index (χ1) is 12.6. The zero-order valence-corrected chi connectivity index (χ0v) is 14.6. The summed E-state index contributed by atoms with van der Waals surface area (Å²) in [7, 11) is 0. The summed E-state index contributed by atoms with van der Waals surface area (Å²) in [6.45, 7) is 4.04. The number of hydrogen-bond donors (Lipinski definition) is 0. The standard InChI is InChI=1S/C21H18N4O/c1-15-6-10-17(11-7-15)22-21-23-24-14-4-3-5-19(24)20(26)25(21)18-12-8-16(2)9-13-18/h3-14H,1-2H3. The van der Waals surface area contributed by atoms with Gasteiger partial charge in [-0.1, -0.05) is 35.4 Å². The molecular formula is C21H18N4O. The molecule has 0 fully saturated rings. The highest BCUT2D eigenvalue weighted by molar-refractivity contribution is 5.51. The Morgan fingerprint density at radius 3 is 2.23 bits per heavy atom. The number of benzene rings is 2. The highest BCUT2D eigenvalue weighted by atomic mass is 16.3. The van der Waals surface area contributed by atoms with Gasteiger partial charge in [0, 0.05) is 28.8 Å². The predicted octanol–water partition coefficient (Wildman–Crippen LogP) is 2.53. The summed E-state index contributed by atoms with van der Waals surface area (Å²) in [5, 5.41) is 17.7. The lowest BCUT2D eigenvalue weighted by molar-refractivity contribution is -0.587. The summed E-state index contributed by atoms with van der Waals surface area (Å²) in [6.07, 6.45) is 1.75. The number of rotatable bonds is 2. The normalized spacial score (nSPS) is 11.8. The Labute approximate surface area is 151 Å². The first-order valence-corrected chi connectivity index (χ1v) is 8.41. The zero-order valence-electron chi connectivity index (χ0n) is 14.6. The van der Waals surface area contributed by atoms with Crippen molar-refractivity contribution in [1.82, 2.24) is 9.67 Å². The van der Waals surface area contributed by atoms with Crippen molar-refractivity contribution in [2.75, 3.05) is 0 Å². The van der Waals surface area contributed by atoms with E-state index in [1.165, 1.54) is 0 Å². The number of aromatic nitrogens is 3. The lowest BCUT2D eigenvalue weighted by Crippen LogP contribution is -2.40. The van der Waals surface area contributed by atoms with E-state index < -0.39 is 0 Å². The first-order valence-electron chi connectivity index (χ1n) is 8.41. The number of nitrogens with zero attached hydrogens (tertiary/aromatic N) is 4. The van der Waals surface area contributed by atoms with E-state index in [1.54, 1.807) is 21.3 Å². The third-order valence-corrected chi connectivity index (χ3v) is 4.21. The van der Waals surface area contributed by atoms with Crippen molar-refractivity contribution in [3.8, 4) is 11.6 Å². The van der Waals surface area contributed by atoms with Crippen molar-refractivity contribution < 1.29 is 9.62 Å². The smallest absolute Gasteiger partial charge is 0.300 e. The second-order valence-electron chi connectivity index (χ2n) is 6.25. The molecule has 0 unspecified atom stereocenters. The number of aryl methyl sites for hydroxylation is 2. The molecule has 0 spiro atoms. The van der Waals surface area contributed by atoms with Gasteiger partial charge in [-0.25, -0.2) is 4.99 Å². The van der Waals surface area contributed by atoms with Crippen LogP contribution in [0.4, 0.5) is 5.69 Å². The van der Waals surface area contributed by atoms with Crippen molar-refractivity contribution in [2.45, 2.75) is 13.8 Å². The van der Waals surface area contributed by atoms with Crippen LogP contribution in [0.5, 0.6) is 5.88 Å². The first kappa shape index (κ1) is 16.0. The Hall–Kier alpha value is -3.47. The monoisotopic (exact) mass is 342 g/mol. The van der Waals surface area contributed by atoms with Gasteiger partial charge in [0.1, 0.15) is 0 Å². The average Bonchev–Trinajstić information content (AvgIpc) is 2.65. The predicted molar refractivity (Wildman–Crippen MR) is 97.3 cm³/mol. The van der Waals surface area contributed by atoms with E-state index in [-0.39, 0.29) is 5.88 Å².